The summed E-state index contributed by atoms with van der Waals surface area (Å²) >= 11 is 1.79. The average molecular weight is 471 g/mol. The van der Waals surface area contributed by atoms with Gasteiger partial charge in [0.05, 0.1) is 26.2 Å². The van der Waals surface area contributed by atoms with E-state index in [0.29, 0.717) is 17.9 Å². The van der Waals surface area contributed by atoms with Crippen molar-refractivity contribution in [3.63, 3.8) is 0 Å². The van der Waals surface area contributed by atoms with Gasteiger partial charge >= 0.3 is 0 Å². The van der Waals surface area contributed by atoms with E-state index < -0.39 is 0 Å². The quantitative estimate of drug-likeness (QED) is 0.353. The van der Waals surface area contributed by atoms with E-state index in [2.05, 4.69) is 39.9 Å². The number of nitrogens with zero attached hydrogens (tertiary/aromatic N) is 2. The van der Waals surface area contributed by atoms with Crippen molar-refractivity contribution in [1.29, 1.82) is 0 Å². The third kappa shape index (κ3) is 3.36. The fourth-order valence-electron chi connectivity index (χ4n) is 5.26. The second kappa shape index (κ2) is 8.44. The van der Waals surface area contributed by atoms with Crippen molar-refractivity contribution in [1.82, 2.24) is 9.55 Å². The Morgan fingerprint density at radius 2 is 1.88 bits per heavy atom. The summed E-state index contributed by atoms with van der Waals surface area (Å²) in [5.41, 5.74) is 5.69. The largest absolute Gasteiger partial charge is 0.493 e. The Morgan fingerprint density at radius 3 is 2.74 bits per heavy atom. The molecule has 0 amide bonds. The lowest BCUT2D eigenvalue weighted by molar-refractivity contribution is 0.354. The molecule has 1 aliphatic heterocycles. The van der Waals surface area contributed by atoms with Crippen molar-refractivity contribution in [3.05, 3.63) is 91.8 Å². The first-order valence-corrected chi connectivity index (χ1v) is 12.5. The van der Waals surface area contributed by atoms with Gasteiger partial charge in [-0.1, -0.05) is 36.4 Å². The molecule has 0 fully saturated rings. The van der Waals surface area contributed by atoms with Gasteiger partial charge in [-0.05, 0) is 66.5 Å². The molecule has 0 spiro atoms. The first kappa shape index (κ1) is 21.2. The summed E-state index contributed by atoms with van der Waals surface area (Å²) in [6, 6.07) is 14.4. The van der Waals surface area contributed by atoms with Gasteiger partial charge in [-0.2, -0.15) is 4.98 Å². The van der Waals surface area contributed by atoms with Crippen molar-refractivity contribution in [3.8, 4) is 11.5 Å². The molecular weight excluding hydrogens is 444 g/mol. The molecule has 5 nitrogen and oxygen atoms in total. The van der Waals surface area contributed by atoms with Crippen molar-refractivity contribution in [2.75, 3.05) is 14.2 Å². The molecule has 2 aromatic carbocycles. The molecule has 2 aromatic heterocycles. The highest BCUT2D eigenvalue weighted by Crippen LogP contribution is 2.39. The molecule has 0 bridgehead atoms. The molecule has 34 heavy (non-hydrogen) atoms. The Morgan fingerprint density at radius 1 is 1.06 bits per heavy atom. The van der Waals surface area contributed by atoms with Crippen LogP contribution in [0.15, 0.2) is 53.3 Å². The van der Waals surface area contributed by atoms with Gasteiger partial charge in [0.2, 0.25) is 0 Å². The number of methoxy groups -OCH3 is 2. The zero-order valence-corrected chi connectivity index (χ0v) is 20.2. The van der Waals surface area contributed by atoms with E-state index in [1.807, 2.05) is 18.2 Å². The molecule has 0 radical (unpaired) electrons. The van der Waals surface area contributed by atoms with Gasteiger partial charge in [0.1, 0.15) is 10.7 Å². The average Bonchev–Trinajstić information content (AvgIpc) is 3.27. The molecule has 1 aliphatic carbocycles. The van der Waals surface area contributed by atoms with Crippen LogP contribution in [0.1, 0.15) is 45.8 Å². The molecule has 6 rings (SSSR count). The van der Waals surface area contributed by atoms with Crippen LogP contribution in [0, 0.1) is 0 Å². The third-order valence-electron chi connectivity index (χ3n) is 6.94. The van der Waals surface area contributed by atoms with E-state index in [4.69, 9.17) is 9.47 Å². The van der Waals surface area contributed by atoms with E-state index in [9.17, 15) is 4.79 Å². The monoisotopic (exact) mass is 470 g/mol. The van der Waals surface area contributed by atoms with Crippen LogP contribution >= 0.6 is 11.3 Å². The van der Waals surface area contributed by atoms with Gasteiger partial charge < -0.3 is 14.0 Å². The Hall–Kier alpha value is -3.38. The summed E-state index contributed by atoms with van der Waals surface area (Å²) in [6.45, 7) is 0.738. The Bertz CT molecular complexity index is 1510. The lowest BCUT2D eigenvalue weighted by atomic mass is 9.93. The maximum absolute atomic E-state index is 13.3. The number of hydrogen-bond acceptors (Lipinski definition) is 5. The van der Waals surface area contributed by atoms with Crippen LogP contribution in [0.3, 0.4) is 0 Å². The summed E-state index contributed by atoms with van der Waals surface area (Å²) in [7, 11) is 3.29. The van der Waals surface area contributed by atoms with Crippen LogP contribution in [-0.2, 0) is 25.8 Å². The van der Waals surface area contributed by atoms with Gasteiger partial charge in [0.15, 0.2) is 11.5 Å². The molecule has 4 aromatic rings. The topological polar surface area (TPSA) is 53.4 Å². The van der Waals surface area contributed by atoms with Gasteiger partial charge in [-0.25, -0.2) is 0 Å². The van der Waals surface area contributed by atoms with Crippen molar-refractivity contribution in [2.24, 2.45) is 0 Å². The number of ether oxygens (including phenoxy) is 2. The van der Waals surface area contributed by atoms with Crippen molar-refractivity contribution < 1.29 is 9.47 Å². The van der Waals surface area contributed by atoms with Crippen LogP contribution in [0.2, 0.25) is 0 Å². The number of hydrogen-bond donors (Lipinski definition) is 0. The maximum atomic E-state index is 13.3. The lowest BCUT2D eigenvalue weighted by Crippen LogP contribution is -2.23. The van der Waals surface area contributed by atoms with E-state index in [1.165, 1.54) is 22.4 Å². The highest BCUT2D eigenvalue weighted by molar-refractivity contribution is 7.18. The number of aromatic nitrogens is 2. The van der Waals surface area contributed by atoms with E-state index in [0.717, 1.165) is 58.5 Å². The fourth-order valence-corrected chi connectivity index (χ4v) is 6.64. The first-order valence-electron chi connectivity index (χ1n) is 11.7. The summed E-state index contributed by atoms with van der Waals surface area (Å²) < 4.78 is 13.1. The van der Waals surface area contributed by atoms with Crippen LogP contribution < -0.4 is 15.0 Å². The zero-order valence-electron chi connectivity index (χ0n) is 19.4. The number of aryl methyl sites for hydroxylation is 2. The smallest absolute Gasteiger partial charge is 0.282 e. The number of rotatable bonds is 4. The summed E-state index contributed by atoms with van der Waals surface area (Å²) in [4.78, 5) is 20.4. The van der Waals surface area contributed by atoms with Crippen LogP contribution in [0.4, 0.5) is 0 Å². The molecule has 172 valence electrons. The summed E-state index contributed by atoms with van der Waals surface area (Å²) in [5, 5.41) is 0.849. The molecule has 0 N–H and O–H groups in total. The van der Waals surface area contributed by atoms with Crippen molar-refractivity contribution >= 4 is 27.1 Å². The van der Waals surface area contributed by atoms with Crippen LogP contribution in [-0.4, -0.2) is 23.8 Å². The van der Waals surface area contributed by atoms with Gasteiger partial charge in [-0.3, -0.25) is 4.79 Å². The second-order valence-electron chi connectivity index (χ2n) is 8.89. The normalized spacial score (nSPS) is 15.6. The molecule has 2 aliphatic rings. The zero-order chi connectivity index (χ0) is 23.2. The van der Waals surface area contributed by atoms with Crippen LogP contribution in [0.25, 0.3) is 15.8 Å². The number of fused-ring (bicyclic) bond motifs is 6. The van der Waals surface area contributed by atoms with Gasteiger partial charge in [0.25, 0.3) is 5.56 Å². The van der Waals surface area contributed by atoms with Crippen molar-refractivity contribution in [2.45, 2.75) is 38.6 Å². The summed E-state index contributed by atoms with van der Waals surface area (Å²) in [5.74, 6) is 2.20. The Balaban J connectivity index is 1.51. The lowest BCUT2D eigenvalue weighted by Gasteiger charge is -2.24. The van der Waals surface area contributed by atoms with Gasteiger partial charge in [0, 0.05) is 10.5 Å². The maximum Gasteiger partial charge on any atom is 0.282 e. The Kier molecular flexibility index (Phi) is 5.26. The summed E-state index contributed by atoms with van der Waals surface area (Å²) in [6.07, 6.45) is 7.30. The third-order valence-corrected chi connectivity index (χ3v) is 8.26. The second-order valence-corrected chi connectivity index (χ2v) is 9.97. The Labute approximate surface area is 202 Å². The predicted octanol–water partition coefficient (Wildman–Crippen LogP) is 5.39. The highest BCUT2D eigenvalue weighted by Gasteiger charge is 2.27. The van der Waals surface area contributed by atoms with E-state index in [1.54, 1.807) is 25.6 Å². The van der Waals surface area contributed by atoms with Gasteiger partial charge in [-0.15, -0.1) is 11.3 Å². The first-order chi connectivity index (χ1) is 16.7. The standard InChI is InChI=1S/C28H26N2O3S/c1-32-22-14-12-17(15-23(22)33-2)11-13-20-19-8-4-3-7-18(19)16-30-26(20)29-27(31)25-21-9-5-6-10-24(21)34-28(25)30/h3-4,7-8,12-15H,5-6,9-11,16H2,1-2H3/b20-13-. The molecule has 6 heteroatoms. The molecule has 0 unspecified atom stereocenters. The van der Waals surface area contributed by atoms with Crippen LogP contribution in [0.5, 0.6) is 11.5 Å². The SMILES string of the molecule is COc1ccc(C/C=C2/c3ccccc3Cn3c2nc(=O)c2c4c(sc23)CCCC4)cc1OC. The molecule has 0 saturated carbocycles. The van der Waals surface area contributed by atoms with E-state index >= 15 is 0 Å². The number of benzene rings is 2. The number of thiophene rings is 1. The minimum atomic E-state index is -0.0861. The highest BCUT2D eigenvalue weighted by atomic mass is 32.1. The minimum absolute atomic E-state index is 0.0861. The van der Waals surface area contributed by atoms with E-state index in [-0.39, 0.29) is 5.56 Å². The predicted molar refractivity (Wildman–Crippen MR) is 136 cm³/mol. The molecule has 3 heterocycles. The molecular formula is C28H26N2O3S. The minimum Gasteiger partial charge on any atom is -0.493 e. The number of allylic oxidation sites excluding steroid dienone is 1. The molecule has 0 atom stereocenters. The fraction of sp³-hybridized carbons (Fsp3) is 0.286. The molecule has 0 saturated heterocycles.